The molecule has 39 heavy (non-hydrogen) atoms. The maximum Gasteiger partial charge on any atom is 0.323 e. The Balaban J connectivity index is 1.76. The van der Waals surface area contributed by atoms with Crippen LogP contribution < -0.4 is 14.8 Å². The molecule has 2 aliphatic rings. The predicted molar refractivity (Wildman–Crippen MR) is 148 cm³/mol. The fourth-order valence-corrected chi connectivity index (χ4v) is 6.67. The highest BCUT2D eigenvalue weighted by atomic mass is 32.2. The number of ketones is 1. The van der Waals surface area contributed by atoms with E-state index in [0.29, 0.717) is 23.5 Å². The number of rotatable bonds is 8. The summed E-state index contributed by atoms with van der Waals surface area (Å²) in [4.78, 5) is 25.1. The van der Waals surface area contributed by atoms with Gasteiger partial charge < -0.3 is 10.4 Å². The number of anilines is 2. The highest BCUT2D eigenvalue weighted by molar-refractivity contribution is 7.91. The number of amides is 1. The highest BCUT2D eigenvalue weighted by Crippen LogP contribution is 2.44. The minimum atomic E-state index is -4.43. The van der Waals surface area contributed by atoms with Gasteiger partial charge in [-0.2, -0.15) is 16.8 Å². The van der Waals surface area contributed by atoms with Crippen molar-refractivity contribution in [3.05, 3.63) is 59.2 Å². The molecule has 4 rings (SSSR count). The van der Waals surface area contributed by atoms with Crippen LogP contribution in [0.1, 0.15) is 58.1 Å². The summed E-state index contributed by atoms with van der Waals surface area (Å²) >= 11 is 0. The third-order valence-corrected chi connectivity index (χ3v) is 9.06. The molecule has 0 saturated heterocycles. The second kappa shape index (κ2) is 10.1. The summed E-state index contributed by atoms with van der Waals surface area (Å²) in [5.74, 6) is -1.59. The van der Waals surface area contributed by atoms with E-state index in [9.17, 15) is 31.5 Å². The molecule has 1 heterocycles. The Hall–Kier alpha value is -3.71. The Labute approximate surface area is 227 Å². The molecule has 11 nitrogen and oxygen atoms in total. The monoisotopic (exact) mass is 574 g/mol. The quantitative estimate of drug-likeness (QED) is 0.370. The summed E-state index contributed by atoms with van der Waals surface area (Å²) in [6.45, 7) is 7.34. The van der Waals surface area contributed by atoms with Gasteiger partial charge in [-0.1, -0.05) is 45.0 Å². The van der Waals surface area contributed by atoms with Crippen molar-refractivity contribution in [1.29, 1.82) is 0 Å². The summed E-state index contributed by atoms with van der Waals surface area (Å²) < 4.78 is 58.5. The minimum absolute atomic E-state index is 0.0383. The van der Waals surface area contributed by atoms with Crippen LogP contribution in [0.25, 0.3) is 5.76 Å². The number of Topliss-reactive ketones (excluding diaryl/α,β-unsaturated/α-hetero) is 1. The third kappa shape index (κ3) is 5.41. The first-order valence-corrected chi connectivity index (χ1v) is 15.3. The van der Waals surface area contributed by atoms with Crippen LogP contribution in [0.2, 0.25) is 0 Å². The highest BCUT2D eigenvalue weighted by Gasteiger charge is 2.46. The Morgan fingerprint density at radius 1 is 1.18 bits per heavy atom. The molecular formula is C26H30N4O7S2. The summed E-state index contributed by atoms with van der Waals surface area (Å²) in [7, 11) is -8.72. The smallest absolute Gasteiger partial charge is 0.323 e. The van der Waals surface area contributed by atoms with Crippen molar-refractivity contribution in [2.24, 2.45) is 10.3 Å². The lowest BCUT2D eigenvalue weighted by Gasteiger charge is -2.36. The molecule has 1 unspecified atom stereocenters. The average molecular weight is 575 g/mol. The first-order chi connectivity index (χ1) is 18.2. The standard InChI is InChI=1S/C26H30N4O7S2/c1-5-21(31)29-39(36,37)28-16-10-11-19-20(14-16)38(34,35)30-25(27-19)22-23(32)17-8-6-7-9-18(17)26(4,24(22)33)13-12-15(2)3/h6-11,14-15,28,32H,5,12-13H2,1-4H3,(H,27,30)(H,29,31). The molecule has 0 aromatic heterocycles. The van der Waals surface area contributed by atoms with Crippen molar-refractivity contribution in [2.45, 2.75) is 57.3 Å². The number of aliphatic hydroxyl groups is 1. The zero-order valence-electron chi connectivity index (χ0n) is 21.9. The van der Waals surface area contributed by atoms with Crippen LogP contribution in [0.3, 0.4) is 0 Å². The van der Waals surface area contributed by atoms with Gasteiger partial charge in [-0.3, -0.25) is 14.3 Å². The molecular weight excluding hydrogens is 544 g/mol. The molecule has 1 aliphatic carbocycles. The van der Waals surface area contributed by atoms with Crippen molar-refractivity contribution in [2.75, 3.05) is 10.0 Å². The van der Waals surface area contributed by atoms with Crippen molar-refractivity contribution in [1.82, 2.24) is 4.72 Å². The largest absolute Gasteiger partial charge is 0.506 e. The number of fused-ring (bicyclic) bond motifs is 2. The van der Waals surface area contributed by atoms with Crippen LogP contribution in [-0.4, -0.2) is 39.5 Å². The van der Waals surface area contributed by atoms with Crippen molar-refractivity contribution in [3.63, 3.8) is 0 Å². The molecule has 208 valence electrons. The number of amidine groups is 1. The molecule has 0 saturated carbocycles. The molecule has 0 fully saturated rings. The van der Waals surface area contributed by atoms with E-state index in [2.05, 4.69) is 14.4 Å². The normalized spacial score (nSPS) is 20.0. The summed E-state index contributed by atoms with van der Waals surface area (Å²) in [6, 6.07) is 10.6. The number of hydrogen-bond acceptors (Lipinski definition) is 8. The van der Waals surface area contributed by atoms with Gasteiger partial charge in [0, 0.05) is 12.0 Å². The van der Waals surface area contributed by atoms with Gasteiger partial charge in [0.25, 0.3) is 10.0 Å². The van der Waals surface area contributed by atoms with Crippen LogP contribution >= 0.6 is 0 Å². The number of hydrogen-bond donors (Lipinski definition) is 4. The van der Waals surface area contributed by atoms with Gasteiger partial charge in [0.2, 0.25) is 5.91 Å². The van der Waals surface area contributed by atoms with Crippen LogP contribution in [0.4, 0.5) is 11.4 Å². The summed E-state index contributed by atoms with van der Waals surface area (Å²) in [5, 5.41) is 14.0. The second-order valence-electron chi connectivity index (χ2n) is 10.1. The Morgan fingerprint density at radius 2 is 1.87 bits per heavy atom. The first kappa shape index (κ1) is 28.3. The van der Waals surface area contributed by atoms with Crippen LogP contribution in [-0.2, 0) is 35.2 Å². The maximum atomic E-state index is 13.9. The SMILES string of the molecule is CCC(=O)NS(=O)(=O)Nc1ccc2c(c1)S(=O)(=O)N=C(C1=C(O)c3ccccc3C(C)(CCC(C)C)C1=O)N2. The number of nitrogens with one attached hydrogen (secondary N) is 3. The molecule has 2 aromatic carbocycles. The van der Waals surface area contributed by atoms with E-state index in [1.54, 1.807) is 35.9 Å². The van der Waals surface area contributed by atoms with Crippen LogP contribution in [0.15, 0.2) is 57.3 Å². The van der Waals surface area contributed by atoms with Gasteiger partial charge in [0.05, 0.1) is 16.8 Å². The molecule has 0 spiro atoms. The topological polar surface area (TPSA) is 171 Å². The molecule has 0 radical (unpaired) electrons. The number of benzene rings is 2. The minimum Gasteiger partial charge on any atom is -0.506 e. The van der Waals surface area contributed by atoms with E-state index in [4.69, 9.17) is 0 Å². The zero-order valence-corrected chi connectivity index (χ0v) is 23.5. The predicted octanol–water partition coefficient (Wildman–Crippen LogP) is 3.63. The lowest BCUT2D eigenvalue weighted by atomic mass is 9.66. The summed E-state index contributed by atoms with van der Waals surface area (Å²) in [5.41, 5.74) is -0.270. The van der Waals surface area contributed by atoms with Crippen molar-refractivity contribution in [3.8, 4) is 0 Å². The van der Waals surface area contributed by atoms with Gasteiger partial charge in [-0.25, -0.2) is 4.72 Å². The van der Waals surface area contributed by atoms with Gasteiger partial charge in [0.1, 0.15) is 16.2 Å². The fraction of sp³-hybridized carbons (Fsp3) is 0.346. The molecule has 2 aromatic rings. The van der Waals surface area contributed by atoms with E-state index in [1.165, 1.54) is 19.1 Å². The first-order valence-electron chi connectivity index (χ1n) is 12.4. The molecule has 1 amide bonds. The van der Waals surface area contributed by atoms with Gasteiger partial charge in [0.15, 0.2) is 11.6 Å². The average Bonchev–Trinajstić information content (AvgIpc) is 2.86. The number of sulfonamides is 1. The van der Waals surface area contributed by atoms with E-state index in [0.717, 1.165) is 12.5 Å². The van der Waals surface area contributed by atoms with E-state index in [1.807, 2.05) is 13.8 Å². The van der Waals surface area contributed by atoms with E-state index >= 15 is 0 Å². The fourth-order valence-electron chi connectivity index (χ4n) is 4.59. The Morgan fingerprint density at radius 3 is 2.54 bits per heavy atom. The number of carbonyl (C=O) groups excluding carboxylic acids is 2. The number of carbonyl (C=O) groups is 2. The molecule has 0 bridgehead atoms. The van der Waals surface area contributed by atoms with E-state index < -0.39 is 37.3 Å². The lowest BCUT2D eigenvalue weighted by Crippen LogP contribution is -2.42. The van der Waals surface area contributed by atoms with Crippen molar-refractivity contribution >= 4 is 54.9 Å². The number of aliphatic hydroxyl groups excluding tert-OH is 1. The molecule has 1 atom stereocenters. The zero-order chi connectivity index (χ0) is 28.8. The molecule has 4 N–H and O–H groups in total. The Bertz CT molecular complexity index is 1640. The van der Waals surface area contributed by atoms with Gasteiger partial charge in [-0.05, 0) is 49.4 Å². The van der Waals surface area contributed by atoms with Gasteiger partial charge in [-0.15, -0.1) is 4.40 Å². The number of nitrogens with zero attached hydrogens (tertiary/aromatic N) is 1. The summed E-state index contributed by atoms with van der Waals surface area (Å²) in [6.07, 6.45) is 1.14. The molecule has 1 aliphatic heterocycles. The van der Waals surface area contributed by atoms with Gasteiger partial charge >= 0.3 is 10.2 Å². The maximum absolute atomic E-state index is 13.9. The molecule has 13 heteroatoms. The third-order valence-electron chi connectivity index (χ3n) is 6.75. The van der Waals surface area contributed by atoms with Crippen LogP contribution in [0.5, 0.6) is 0 Å². The van der Waals surface area contributed by atoms with Crippen LogP contribution in [0, 0.1) is 5.92 Å². The Kier molecular flexibility index (Phi) is 7.34. The van der Waals surface area contributed by atoms with E-state index in [-0.39, 0.29) is 39.9 Å². The van der Waals surface area contributed by atoms with Crippen molar-refractivity contribution < 1.29 is 31.5 Å². The second-order valence-corrected chi connectivity index (χ2v) is 13.1. The lowest BCUT2D eigenvalue weighted by molar-refractivity contribution is -0.120.